The van der Waals surface area contributed by atoms with Gasteiger partial charge in [-0.15, -0.1) is 0 Å². The molecule has 1 saturated heterocycles. The molecule has 0 aromatic heterocycles. The van der Waals surface area contributed by atoms with Crippen LogP contribution >= 0.6 is 0 Å². The molecule has 2 N–H and O–H groups in total. The summed E-state index contributed by atoms with van der Waals surface area (Å²) in [6, 6.07) is 9.34. The molecule has 35 heavy (non-hydrogen) atoms. The summed E-state index contributed by atoms with van der Waals surface area (Å²) in [5, 5.41) is 4.74. The van der Waals surface area contributed by atoms with Crippen molar-refractivity contribution in [3.63, 3.8) is 0 Å². The summed E-state index contributed by atoms with van der Waals surface area (Å²) in [6.45, 7) is 0.267. The third kappa shape index (κ3) is 6.52. The number of benzene rings is 2. The van der Waals surface area contributed by atoms with Gasteiger partial charge in [0.25, 0.3) is 0 Å². The summed E-state index contributed by atoms with van der Waals surface area (Å²) >= 11 is 0. The number of amides is 3. The summed E-state index contributed by atoms with van der Waals surface area (Å²) in [4.78, 5) is 49.8. The number of hydrogen-bond acceptors (Lipinski definition) is 6. The maximum atomic E-state index is 14.8. The molecule has 3 rings (SSSR count). The molecular weight excluding hydrogens is 464 g/mol. The van der Waals surface area contributed by atoms with Gasteiger partial charge in [0, 0.05) is 30.2 Å². The third-order valence-corrected chi connectivity index (χ3v) is 5.41. The van der Waals surface area contributed by atoms with E-state index in [0.29, 0.717) is 5.56 Å². The Hall–Kier alpha value is -4.02. The normalized spacial score (nSPS) is 17.1. The predicted molar refractivity (Wildman–Crippen MR) is 119 cm³/mol. The molecule has 1 fully saturated rings. The fraction of sp³-hybridized carbons (Fsp3) is 0.333. The molecule has 0 radical (unpaired) electrons. The molecule has 0 spiro atoms. The van der Waals surface area contributed by atoms with Gasteiger partial charge in [-0.2, -0.15) is 0 Å². The van der Waals surface area contributed by atoms with E-state index >= 15 is 0 Å². The average Bonchev–Trinajstić information content (AvgIpc) is 3.11. The van der Waals surface area contributed by atoms with Crippen molar-refractivity contribution in [2.24, 2.45) is 0 Å². The Labute approximate surface area is 200 Å². The van der Waals surface area contributed by atoms with Crippen molar-refractivity contribution in [2.45, 2.75) is 25.5 Å². The predicted octanol–water partition coefficient (Wildman–Crippen LogP) is 1.90. The maximum Gasteiger partial charge on any atom is 0.408 e. The molecule has 0 saturated carbocycles. The number of halogens is 2. The molecule has 11 heteroatoms. The van der Waals surface area contributed by atoms with Crippen molar-refractivity contribution >= 4 is 23.7 Å². The van der Waals surface area contributed by atoms with Gasteiger partial charge < -0.3 is 25.0 Å². The second kappa shape index (κ2) is 11.4. The largest absolute Gasteiger partial charge is 0.497 e. The Morgan fingerprint density at radius 1 is 1.11 bits per heavy atom. The molecular formula is C24H25F2N3O6. The van der Waals surface area contributed by atoms with Crippen LogP contribution in [0.2, 0.25) is 0 Å². The van der Waals surface area contributed by atoms with E-state index in [9.17, 15) is 28.0 Å². The fourth-order valence-corrected chi connectivity index (χ4v) is 3.74. The molecule has 2 unspecified atom stereocenters. The summed E-state index contributed by atoms with van der Waals surface area (Å²) in [5.74, 6) is -4.78. The highest BCUT2D eigenvalue weighted by Crippen LogP contribution is 2.34. The SMILES string of the molecule is COc1cc(F)c(C2CN(CC(=O)NCC(C)=O)C(=O)C2NC(=O)OCc2ccccc2)c(F)c1. The number of rotatable bonds is 9. The van der Waals surface area contributed by atoms with Crippen LogP contribution in [-0.4, -0.2) is 61.4 Å². The summed E-state index contributed by atoms with van der Waals surface area (Å²) in [7, 11) is 1.25. The zero-order valence-electron chi connectivity index (χ0n) is 19.2. The lowest BCUT2D eigenvalue weighted by atomic mass is 9.93. The topological polar surface area (TPSA) is 114 Å². The first-order valence-corrected chi connectivity index (χ1v) is 10.7. The zero-order chi connectivity index (χ0) is 25.5. The highest BCUT2D eigenvalue weighted by Gasteiger charge is 2.45. The number of ketones is 1. The highest BCUT2D eigenvalue weighted by molar-refractivity contribution is 5.93. The van der Waals surface area contributed by atoms with E-state index in [4.69, 9.17) is 9.47 Å². The van der Waals surface area contributed by atoms with Crippen LogP contribution in [0.5, 0.6) is 5.75 Å². The zero-order valence-corrected chi connectivity index (χ0v) is 19.2. The summed E-state index contributed by atoms with van der Waals surface area (Å²) in [6.07, 6.45) is -0.964. The first kappa shape index (κ1) is 25.6. The number of alkyl carbamates (subject to hydrolysis) is 1. The second-order valence-electron chi connectivity index (χ2n) is 7.99. The fourth-order valence-electron chi connectivity index (χ4n) is 3.74. The Kier molecular flexibility index (Phi) is 8.34. The first-order valence-electron chi connectivity index (χ1n) is 10.7. The summed E-state index contributed by atoms with van der Waals surface area (Å²) in [5.41, 5.74) is 0.270. The quantitative estimate of drug-likeness (QED) is 0.556. The maximum absolute atomic E-state index is 14.8. The third-order valence-electron chi connectivity index (χ3n) is 5.41. The van der Waals surface area contributed by atoms with Crippen LogP contribution in [0.15, 0.2) is 42.5 Å². The Balaban J connectivity index is 1.81. The molecule has 1 aliphatic rings. The van der Waals surface area contributed by atoms with Crippen LogP contribution in [0, 0.1) is 11.6 Å². The van der Waals surface area contributed by atoms with E-state index in [0.717, 1.165) is 17.0 Å². The monoisotopic (exact) mass is 489 g/mol. The molecule has 0 bridgehead atoms. The van der Waals surface area contributed by atoms with Crippen molar-refractivity contribution in [3.05, 3.63) is 65.2 Å². The molecule has 2 aromatic rings. The van der Waals surface area contributed by atoms with Crippen LogP contribution in [0.3, 0.4) is 0 Å². The number of ether oxygens (including phenoxy) is 2. The highest BCUT2D eigenvalue weighted by atomic mass is 19.1. The molecule has 1 heterocycles. The number of likely N-dealkylation sites (tertiary alicyclic amines) is 1. The minimum Gasteiger partial charge on any atom is -0.497 e. The van der Waals surface area contributed by atoms with Crippen molar-refractivity contribution < 1.29 is 37.4 Å². The molecule has 1 aliphatic heterocycles. The smallest absolute Gasteiger partial charge is 0.408 e. The Morgan fingerprint density at radius 2 is 1.77 bits per heavy atom. The van der Waals surface area contributed by atoms with Crippen molar-refractivity contribution in [2.75, 3.05) is 26.7 Å². The van der Waals surface area contributed by atoms with Crippen molar-refractivity contribution in [3.8, 4) is 5.75 Å². The molecule has 2 atom stereocenters. The minimum absolute atomic E-state index is 0.0553. The van der Waals surface area contributed by atoms with Gasteiger partial charge in [0.1, 0.15) is 35.8 Å². The lowest BCUT2D eigenvalue weighted by Gasteiger charge is -2.20. The number of hydrogen-bond donors (Lipinski definition) is 2. The van der Waals surface area contributed by atoms with Crippen LogP contribution < -0.4 is 15.4 Å². The Bertz CT molecular complexity index is 1090. The van der Waals surface area contributed by atoms with Gasteiger partial charge in [0.2, 0.25) is 11.8 Å². The number of nitrogens with one attached hydrogen (secondary N) is 2. The van der Waals surface area contributed by atoms with Crippen molar-refractivity contribution in [1.29, 1.82) is 0 Å². The summed E-state index contributed by atoms with van der Waals surface area (Å²) < 4.78 is 39.7. The van der Waals surface area contributed by atoms with Crippen LogP contribution in [0.25, 0.3) is 0 Å². The van der Waals surface area contributed by atoms with E-state index < -0.39 is 53.6 Å². The minimum atomic E-state index is -1.39. The number of nitrogens with zero attached hydrogens (tertiary/aromatic N) is 1. The van der Waals surface area contributed by atoms with Crippen LogP contribution in [0.4, 0.5) is 13.6 Å². The van der Waals surface area contributed by atoms with E-state index in [1.165, 1.54) is 14.0 Å². The molecule has 0 aliphatic carbocycles. The molecule has 2 aromatic carbocycles. The molecule has 3 amide bonds. The van der Waals surface area contributed by atoms with Gasteiger partial charge in [-0.1, -0.05) is 30.3 Å². The van der Waals surface area contributed by atoms with Crippen LogP contribution in [0.1, 0.15) is 24.0 Å². The van der Waals surface area contributed by atoms with Gasteiger partial charge >= 0.3 is 6.09 Å². The van der Waals surface area contributed by atoms with Gasteiger partial charge in [0.05, 0.1) is 20.2 Å². The van der Waals surface area contributed by atoms with Gasteiger partial charge in [-0.05, 0) is 12.5 Å². The van der Waals surface area contributed by atoms with Gasteiger partial charge in [-0.3, -0.25) is 14.4 Å². The number of methoxy groups -OCH3 is 1. The average molecular weight is 489 g/mol. The Morgan fingerprint density at radius 3 is 2.37 bits per heavy atom. The lowest BCUT2D eigenvalue weighted by Crippen LogP contribution is -2.46. The first-order chi connectivity index (χ1) is 16.7. The van der Waals surface area contributed by atoms with Crippen molar-refractivity contribution in [1.82, 2.24) is 15.5 Å². The van der Waals surface area contributed by atoms with Gasteiger partial charge in [-0.25, -0.2) is 13.6 Å². The second-order valence-corrected chi connectivity index (χ2v) is 7.99. The van der Waals surface area contributed by atoms with E-state index in [2.05, 4.69) is 10.6 Å². The van der Waals surface area contributed by atoms with E-state index in [1.807, 2.05) is 0 Å². The standard InChI is InChI=1S/C24H25F2N3O6/c1-14(30)10-27-20(31)12-29-11-17(21-18(25)8-16(34-2)9-19(21)26)22(23(29)32)28-24(33)35-13-15-6-4-3-5-7-15/h3-9,17,22H,10-13H2,1-2H3,(H,27,31)(H,28,33). The van der Waals surface area contributed by atoms with Gasteiger partial charge in [0.15, 0.2) is 0 Å². The number of carbonyl (C=O) groups excluding carboxylic acids is 4. The van der Waals surface area contributed by atoms with Crippen LogP contribution in [-0.2, 0) is 25.7 Å². The molecule has 9 nitrogen and oxygen atoms in total. The lowest BCUT2D eigenvalue weighted by molar-refractivity contribution is -0.134. The van der Waals surface area contributed by atoms with E-state index in [-0.39, 0.29) is 31.2 Å². The number of Topliss-reactive ketones (excluding diaryl/α,β-unsaturated/α-hetero) is 1. The molecule has 186 valence electrons. The number of carbonyl (C=O) groups is 4. The van der Waals surface area contributed by atoms with E-state index in [1.54, 1.807) is 30.3 Å².